The summed E-state index contributed by atoms with van der Waals surface area (Å²) in [6.45, 7) is 4.93. The fourth-order valence-electron chi connectivity index (χ4n) is 3.98. The van der Waals surface area contributed by atoms with E-state index in [0.717, 1.165) is 41.5 Å². The molecule has 2 aromatic carbocycles. The molecule has 3 aromatic rings. The molecule has 1 atom stereocenters. The lowest BCUT2D eigenvalue weighted by Gasteiger charge is -2.15. The van der Waals surface area contributed by atoms with Gasteiger partial charge < -0.3 is 19.2 Å². The topological polar surface area (TPSA) is 77.8 Å². The van der Waals surface area contributed by atoms with E-state index in [0.29, 0.717) is 29.9 Å². The number of fused-ring (bicyclic) bond motifs is 1. The smallest absolute Gasteiger partial charge is 0.340 e. The molecule has 4 rings (SSSR count). The highest BCUT2D eigenvalue weighted by molar-refractivity contribution is 5.89. The van der Waals surface area contributed by atoms with E-state index < -0.39 is 0 Å². The van der Waals surface area contributed by atoms with Gasteiger partial charge in [-0.05, 0) is 55.5 Å². The van der Waals surface area contributed by atoms with Crippen LogP contribution in [0.1, 0.15) is 35.1 Å². The summed E-state index contributed by atoms with van der Waals surface area (Å²) >= 11 is 0. The van der Waals surface area contributed by atoms with Gasteiger partial charge in [-0.15, -0.1) is 0 Å². The van der Waals surface area contributed by atoms with Crippen LogP contribution in [0.25, 0.3) is 11.0 Å². The minimum absolute atomic E-state index is 0.0841. The first kappa shape index (κ1) is 21.1. The van der Waals surface area contributed by atoms with Crippen molar-refractivity contribution in [2.75, 3.05) is 19.8 Å². The number of hydrogen-bond donors (Lipinski definition) is 1. The molecule has 1 aromatic heterocycles. The Kier molecular flexibility index (Phi) is 6.37. The normalized spacial score (nSPS) is 15.9. The maximum Gasteiger partial charge on any atom is 0.340 e. The molecule has 1 amide bonds. The number of amides is 1. The third-order valence-corrected chi connectivity index (χ3v) is 5.62. The highest BCUT2D eigenvalue weighted by Crippen LogP contribution is 2.31. The fraction of sp³-hybridized carbons (Fsp3) is 0.360. The van der Waals surface area contributed by atoms with E-state index in [2.05, 4.69) is 5.32 Å². The first-order valence-corrected chi connectivity index (χ1v) is 10.6. The van der Waals surface area contributed by atoms with E-state index in [1.807, 2.05) is 56.3 Å². The standard InChI is InChI=1S/C25H27NO5/c1-16-11-21(30-15-23(27)26-14-19-9-6-10-29-19)24-17(2)20(25(28)31-22(24)12-16)13-18-7-4-3-5-8-18/h3-5,7-8,11-12,19H,6,9-10,13-15H2,1-2H3,(H,26,27)/t19-/m1/s1. The third-order valence-electron chi connectivity index (χ3n) is 5.62. The number of hydrogen-bond acceptors (Lipinski definition) is 5. The van der Waals surface area contributed by atoms with Gasteiger partial charge in [-0.25, -0.2) is 4.79 Å². The van der Waals surface area contributed by atoms with Crippen molar-refractivity contribution < 1.29 is 18.7 Å². The molecule has 1 saturated heterocycles. The van der Waals surface area contributed by atoms with Crippen molar-refractivity contribution >= 4 is 16.9 Å². The first-order chi connectivity index (χ1) is 15.0. The van der Waals surface area contributed by atoms with Gasteiger partial charge in [0.2, 0.25) is 0 Å². The monoisotopic (exact) mass is 421 g/mol. The summed E-state index contributed by atoms with van der Waals surface area (Å²) in [5, 5.41) is 3.59. The van der Waals surface area contributed by atoms with E-state index >= 15 is 0 Å². The third kappa shape index (κ3) is 4.97. The Morgan fingerprint density at radius 1 is 1.19 bits per heavy atom. The van der Waals surface area contributed by atoms with Gasteiger partial charge >= 0.3 is 5.63 Å². The summed E-state index contributed by atoms with van der Waals surface area (Å²) in [6.07, 6.45) is 2.55. The van der Waals surface area contributed by atoms with Crippen molar-refractivity contribution in [1.82, 2.24) is 5.32 Å². The van der Waals surface area contributed by atoms with E-state index in [1.54, 1.807) is 0 Å². The lowest BCUT2D eigenvalue weighted by atomic mass is 9.98. The van der Waals surface area contributed by atoms with E-state index in [4.69, 9.17) is 13.9 Å². The molecule has 1 N–H and O–H groups in total. The molecule has 0 bridgehead atoms. The SMILES string of the molecule is Cc1cc(OCC(=O)NC[C@H]2CCCO2)c2c(C)c(Cc3ccccc3)c(=O)oc2c1. The summed E-state index contributed by atoms with van der Waals surface area (Å²) in [7, 11) is 0. The van der Waals surface area contributed by atoms with Crippen LogP contribution in [-0.2, 0) is 16.0 Å². The molecule has 1 aliphatic rings. The van der Waals surface area contributed by atoms with Crippen LogP contribution in [0, 0.1) is 13.8 Å². The molecule has 1 fully saturated rings. The predicted molar refractivity (Wildman–Crippen MR) is 119 cm³/mol. The second-order valence-electron chi connectivity index (χ2n) is 8.02. The van der Waals surface area contributed by atoms with Gasteiger partial charge in [-0.3, -0.25) is 4.79 Å². The predicted octanol–water partition coefficient (Wildman–Crippen LogP) is 3.67. The summed E-state index contributed by atoms with van der Waals surface area (Å²) in [5.74, 6) is 0.336. The Balaban J connectivity index is 1.57. The zero-order valence-corrected chi connectivity index (χ0v) is 17.9. The minimum Gasteiger partial charge on any atom is -0.483 e. The van der Waals surface area contributed by atoms with Crippen LogP contribution in [0.2, 0.25) is 0 Å². The molecule has 0 saturated carbocycles. The Bertz CT molecular complexity index is 1130. The number of aryl methyl sites for hydroxylation is 2. The molecular weight excluding hydrogens is 394 g/mol. The summed E-state index contributed by atoms with van der Waals surface area (Å²) in [4.78, 5) is 25.0. The first-order valence-electron chi connectivity index (χ1n) is 10.6. The van der Waals surface area contributed by atoms with Crippen molar-refractivity contribution in [2.24, 2.45) is 0 Å². The number of carbonyl (C=O) groups excluding carboxylic acids is 1. The van der Waals surface area contributed by atoms with Gasteiger partial charge in [0.25, 0.3) is 5.91 Å². The average molecular weight is 421 g/mol. The Morgan fingerprint density at radius 2 is 2.00 bits per heavy atom. The highest BCUT2D eigenvalue weighted by atomic mass is 16.5. The summed E-state index contributed by atoms with van der Waals surface area (Å²) < 4.78 is 17.1. The molecule has 6 heteroatoms. The number of benzene rings is 2. The van der Waals surface area contributed by atoms with Crippen LogP contribution in [0.15, 0.2) is 51.7 Å². The zero-order chi connectivity index (χ0) is 21.8. The molecule has 2 heterocycles. The average Bonchev–Trinajstić information content (AvgIpc) is 3.27. The quantitative estimate of drug-likeness (QED) is 0.589. The number of nitrogens with one attached hydrogen (secondary N) is 1. The van der Waals surface area contributed by atoms with Gasteiger partial charge in [0, 0.05) is 25.1 Å². The van der Waals surface area contributed by atoms with Crippen LogP contribution < -0.4 is 15.7 Å². The second kappa shape index (κ2) is 9.35. The van der Waals surface area contributed by atoms with Crippen molar-refractivity contribution in [2.45, 2.75) is 39.2 Å². The van der Waals surface area contributed by atoms with E-state index in [1.165, 1.54) is 0 Å². The molecule has 0 unspecified atom stereocenters. The molecular formula is C25H27NO5. The molecule has 0 spiro atoms. The molecule has 31 heavy (non-hydrogen) atoms. The maximum atomic E-state index is 12.7. The Morgan fingerprint density at radius 3 is 2.74 bits per heavy atom. The Hall–Kier alpha value is -3.12. The van der Waals surface area contributed by atoms with Crippen molar-refractivity contribution in [3.05, 3.63) is 75.1 Å². The molecule has 1 aliphatic heterocycles. The van der Waals surface area contributed by atoms with Crippen molar-refractivity contribution in [3.8, 4) is 5.75 Å². The van der Waals surface area contributed by atoms with E-state index in [-0.39, 0.29) is 24.2 Å². The number of carbonyl (C=O) groups is 1. The number of ether oxygens (including phenoxy) is 2. The van der Waals surface area contributed by atoms with Crippen LogP contribution in [0.5, 0.6) is 5.75 Å². The van der Waals surface area contributed by atoms with Crippen molar-refractivity contribution in [1.29, 1.82) is 0 Å². The van der Waals surface area contributed by atoms with Gasteiger partial charge in [0.05, 0.1) is 11.5 Å². The van der Waals surface area contributed by atoms with Gasteiger partial charge in [0.1, 0.15) is 11.3 Å². The highest BCUT2D eigenvalue weighted by Gasteiger charge is 2.19. The van der Waals surface area contributed by atoms with Crippen LogP contribution in [0.3, 0.4) is 0 Å². The Labute approximate surface area is 181 Å². The summed E-state index contributed by atoms with van der Waals surface area (Å²) in [6, 6.07) is 13.5. The summed E-state index contributed by atoms with van der Waals surface area (Å²) in [5.41, 5.74) is 3.44. The molecule has 0 radical (unpaired) electrons. The minimum atomic E-state index is -0.347. The lowest BCUT2D eigenvalue weighted by molar-refractivity contribution is -0.123. The zero-order valence-electron chi connectivity index (χ0n) is 17.9. The molecule has 162 valence electrons. The van der Waals surface area contributed by atoms with Gasteiger partial charge in [0.15, 0.2) is 6.61 Å². The van der Waals surface area contributed by atoms with Crippen LogP contribution in [0.4, 0.5) is 0 Å². The van der Waals surface area contributed by atoms with E-state index in [9.17, 15) is 9.59 Å². The largest absolute Gasteiger partial charge is 0.483 e. The van der Waals surface area contributed by atoms with Crippen molar-refractivity contribution in [3.63, 3.8) is 0 Å². The fourth-order valence-corrected chi connectivity index (χ4v) is 3.98. The maximum absolute atomic E-state index is 12.7. The van der Waals surface area contributed by atoms with Crippen LogP contribution >= 0.6 is 0 Å². The van der Waals surface area contributed by atoms with Crippen LogP contribution in [-0.4, -0.2) is 31.8 Å². The number of rotatable bonds is 7. The van der Waals surface area contributed by atoms with Gasteiger partial charge in [-0.2, -0.15) is 0 Å². The molecule has 0 aliphatic carbocycles. The molecule has 6 nitrogen and oxygen atoms in total. The lowest BCUT2D eigenvalue weighted by Crippen LogP contribution is -2.35. The van der Waals surface area contributed by atoms with Gasteiger partial charge in [-0.1, -0.05) is 30.3 Å². The second-order valence-corrected chi connectivity index (χ2v) is 8.02.